The molecule has 1 aliphatic rings. The van der Waals surface area contributed by atoms with Gasteiger partial charge >= 0.3 is 0 Å². The molecule has 0 radical (unpaired) electrons. The van der Waals surface area contributed by atoms with E-state index in [0.29, 0.717) is 23.3 Å². The highest BCUT2D eigenvalue weighted by Crippen LogP contribution is 2.34. The van der Waals surface area contributed by atoms with Gasteiger partial charge in [-0.2, -0.15) is 4.98 Å². The number of fused-ring (bicyclic) bond motifs is 1. The zero-order chi connectivity index (χ0) is 16.4. The highest BCUT2D eigenvalue weighted by Gasteiger charge is 2.22. The van der Waals surface area contributed by atoms with Crippen LogP contribution in [0.2, 0.25) is 0 Å². The van der Waals surface area contributed by atoms with Crippen molar-refractivity contribution in [1.82, 2.24) is 9.97 Å². The first-order chi connectivity index (χ1) is 11.2. The number of ether oxygens (including phenoxy) is 3. The molecule has 2 aromatic rings. The number of hydrogen-bond acceptors (Lipinski definition) is 7. The number of rotatable bonds is 4. The van der Waals surface area contributed by atoms with E-state index in [1.807, 2.05) is 6.07 Å². The van der Waals surface area contributed by atoms with Crippen molar-refractivity contribution < 1.29 is 14.2 Å². The van der Waals surface area contributed by atoms with Crippen molar-refractivity contribution in [3.63, 3.8) is 0 Å². The normalized spacial score (nSPS) is 18.2. The third kappa shape index (κ3) is 2.96. The molecule has 124 valence electrons. The van der Waals surface area contributed by atoms with Gasteiger partial charge in [0.05, 0.1) is 25.8 Å². The summed E-state index contributed by atoms with van der Waals surface area (Å²) in [6.45, 7) is 1.67. The van der Waals surface area contributed by atoms with E-state index < -0.39 is 0 Å². The van der Waals surface area contributed by atoms with Crippen molar-refractivity contribution in [1.29, 1.82) is 0 Å². The third-order valence-corrected chi connectivity index (χ3v) is 4.21. The summed E-state index contributed by atoms with van der Waals surface area (Å²) in [5.74, 6) is 2.30. The third-order valence-electron chi connectivity index (χ3n) is 4.21. The van der Waals surface area contributed by atoms with Crippen LogP contribution in [0.5, 0.6) is 11.5 Å². The lowest BCUT2D eigenvalue weighted by Gasteiger charge is -2.32. The summed E-state index contributed by atoms with van der Waals surface area (Å²) in [6.07, 6.45) is 2.31. The molecule has 1 aromatic heterocycles. The molecule has 1 saturated heterocycles. The molecule has 23 heavy (non-hydrogen) atoms. The minimum Gasteiger partial charge on any atom is -0.493 e. The van der Waals surface area contributed by atoms with Crippen LogP contribution in [0.4, 0.5) is 11.8 Å². The minimum absolute atomic E-state index is 0.203. The minimum atomic E-state index is 0.203. The van der Waals surface area contributed by atoms with Crippen LogP contribution < -0.4 is 20.1 Å². The fourth-order valence-corrected chi connectivity index (χ4v) is 2.92. The van der Waals surface area contributed by atoms with Gasteiger partial charge in [0.2, 0.25) is 5.95 Å². The van der Waals surface area contributed by atoms with E-state index in [1.165, 1.54) is 0 Å². The molecule has 1 fully saturated rings. The first-order valence-electron chi connectivity index (χ1n) is 7.63. The Labute approximate surface area is 135 Å². The highest BCUT2D eigenvalue weighted by molar-refractivity contribution is 5.91. The van der Waals surface area contributed by atoms with Crippen LogP contribution in [0, 0.1) is 0 Å². The topological polar surface area (TPSA) is 82.7 Å². The van der Waals surface area contributed by atoms with E-state index in [2.05, 4.69) is 14.9 Å². The maximum atomic E-state index is 6.14. The van der Waals surface area contributed by atoms with E-state index in [-0.39, 0.29) is 6.10 Å². The number of nitrogens with two attached hydrogens (primary N) is 1. The van der Waals surface area contributed by atoms with Gasteiger partial charge in [-0.15, -0.1) is 0 Å². The van der Waals surface area contributed by atoms with E-state index in [9.17, 15) is 0 Å². The fourth-order valence-electron chi connectivity index (χ4n) is 2.92. The number of nitrogen functional groups attached to an aromatic ring is 1. The summed E-state index contributed by atoms with van der Waals surface area (Å²) >= 11 is 0. The molecule has 0 unspecified atom stereocenters. The lowest BCUT2D eigenvalue weighted by molar-refractivity contribution is 0.0889. The van der Waals surface area contributed by atoms with Gasteiger partial charge < -0.3 is 24.8 Å². The Morgan fingerprint density at radius 2 is 1.87 bits per heavy atom. The van der Waals surface area contributed by atoms with Crippen molar-refractivity contribution in [2.24, 2.45) is 0 Å². The Hall–Kier alpha value is -2.28. The molecule has 7 nitrogen and oxygen atoms in total. The van der Waals surface area contributed by atoms with Crippen LogP contribution in [-0.4, -0.2) is 50.5 Å². The van der Waals surface area contributed by atoms with Gasteiger partial charge in [0.25, 0.3) is 0 Å². The van der Waals surface area contributed by atoms with Crippen LogP contribution in [0.1, 0.15) is 12.8 Å². The highest BCUT2D eigenvalue weighted by atomic mass is 16.5. The quantitative estimate of drug-likeness (QED) is 0.921. The smallest absolute Gasteiger partial charge is 0.227 e. The number of nitrogens with zero attached hydrogens (tertiary/aromatic N) is 3. The fraction of sp³-hybridized carbons (Fsp3) is 0.500. The Morgan fingerprint density at radius 1 is 1.13 bits per heavy atom. The molecule has 0 saturated carbocycles. The first-order valence-corrected chi connectivity index (χ1v) is 7.63. The Balaban J connectivity index is 2.03. The maximum absolute atomic E-state index is 6.14. The SMILES string of the molecule is COc1cc2nc(N3CCC[C@H](OC)C3)nc(N)c2cc1OC. The number of benzene rings is 1. The maximum Gasteiger partial charge on any atom is 0.227 e. The number of aromatic nitrogens is 2. The molecule has 2 N–H and O–H groups in total. The summed E-state index contributed by atoms with van der Waals surface area (Å²) < 4.78 is 16.1. The Morgan fingerprint density at radius 3 is 2.57 bits per heavy atom. The summed E-state index contributed by atoms with van der Waals surface area (Å²) in [5, 5.41) is 0.756. The number of piperidine rings is 1. The van der Waals surface area contributed by atoms with Crippen LogP contribution in [-0.2, 0) is 4.74 Å². The van der Waals surface area contributed by atoms with Crippen molar-refractivity contribution in [3.05, 3.63) is 12.1 Å². The van der Waals surface area contributed by atoms with Crippen LogP contribution in [0.25, 0.3) is 10.9 Å². The van der Waals surface area contributed by atoms with Crippen molar-refractivity contribution in [2.75, 3.05) is 45.1 Å². The summed E-state index contributed by atoms with van der Waals surface area (Å²) in [7, 11) is 4.93. The molecule has 0 bridgehead atoms. The second kappa shape index (κ2) is 6.45. The lowest BCUT2D eigenvalue weighted by Crippen LogP contribution is -2.40. The molecule has 1 atom stereocenters. The van der Waals surface area contributed by atoms with Crippen LogP contribution in [0.3, 0.4) is 0 Å². The van der Waals surface area contributed by atoms with Crippen LogP contribution in [0.15, 0.2) is 12.1 Å². The van der Waals surface area contributed by atoms with E-state index in [0.717, 1.165) is 36.8 Å². The Kier molecular flexibility index (Phi) is 4.38. The number of anilines is 2. The molecule has 2 heterocycles. The van der Waals surface area contributed by atoms with Crippen molar-refractivity contribution in [2.45, 2.75) is 18.9 Å². The second-order valence-corrected chi connectivity index (χ2v) is 5.58. The van der Waals surface area contributed by atoms with Crippen molar-refractivity contribution in [3.8, 4) is 11.5 Å². The average Bonchev–Trinajstić information content (AvgIpc) is 2.60. The molecular weight excluding hydrogens is 296 g/mol. The predicted molar refractivity (Wildman–Crippen MR) is 89.3 cm³/mol. The zero-order valence-corrected chi connectivity index (χ0v) is 13.7. The van der Waals surface area contributed by atoms with Gasteiger partial charge in [-0.1, -0.05) is 0 Å². The van der Waals surface area contributed by atoms with E-state index in [1.54, 1.807) is 27.4 Å². The molecular formula is C16H22N4O3. The predicted octanol–water partition coefficient (Wildman–Crippen LogP) is 1.84. The summed E-state index contributed by atoms with van der Waals surface area (Å²) in [6, 6.07) is 3.63. The van der Waals surface area contributed by atoms with Gasteiger partial charge in [0, 0.05) is 31.7 Å². The van der Waals surface area contributed by atoms with Gasteiger partial charge in [0.1, 0.15) is 5.82 Å². The molecule has 0 aliphatic carbocycles. The van der Waals surface area contributed by atoms with Gasteiger partial charge in [0.15, 0.2) is 11.5 Å². The monoisotopic (exact) mass is 318 g/mol. The zero-order valence-electron chi connectivity index (χ0n) is 13.7. The Bertz CT molecular complexity index is 707. The standard InChI is InChI=1S/C16H22N4O3/c1-21-10-5-4-6-20(9-10)16-18-12-8-14(23-3)13(22-2)7-11(12)15(17)19-16/h7-8,10H,4-6,9H2,1-3H3,(H2,17,18,19)/t10-/m0/s1. The van der Waals surface area contributed by atoms with Crippen molar-refractivity contribution >= 4 is 22.7 Å². The molecule has 1 aliphatic heterocycles. The van der Waals surface area contributed by atoms with Gasteiger partial charge in [-0.05, 0) is 18.9 Å². The summed E-state index contributed by atoms with van der Waals surface area (Å²) in [4.78, 5) is 11.2. The van der Waals surface area contributed by atoms with Crippen LogP contribution >= 0.6 is 0 Å². The van der Waals surface area contributed by atoms with Gasteiger partial charge in [-0.3, -0.25) is 0 Å². The van der Waals surface area contributed by atoms with Gasteiger partial charge in [-0.25, -0.2) is 4.98 Å². The largest absolute Gasteiger partial charge is 0.493 e. The molecule has 1 aromatic carbocycles. The first kappa shape index (κ1) is 15.6. The lowest BCUT2D eigenvalue weighted by atomic mass is 10.1. The number of hydrogen-bond donors (Lipinski definition) is 1. The average molecular weight is 318 g/mol. The molecule has 3 rings (SSSR count). The molecule has 0 spiro atoms. The molecule has 0 amide bonds. The number of methoxy groups -OCH3 is 3. The van der Waals surface area contributed by atoms with E-state index in [4.69, 9.17) is 19.9 Å². The second-order valence-electron chi connectivity index (χ2n) is 5.58. The molecule has 7 heteroatoms. The van der Waals surface area contributed by atoms with E-state index >= 15 is 0 Å². The summed E-state index contributed by atoms with van der Waals surface area (Å²) in [5.41, 5.74) is 6.88.